The van der Waals surface area contributed by atoms with E-state index in [1.165, 1.54) is 26.4 Å². The van der Waals surface area contributed by atoms with Crippen molar-refractivity contribution in [2.45, 2.75) is 6.10 Å². The molecule has 0 saturated carbocycles. The van der Waals surface area contributed by atoms with Gasteiger partial charge < -0.3 is 14.6 Å². The first kappa shape index (κ1) is 16.1. The van der Waals surface area contributed by atoms with Gasteiger partial charge in [0, 0.05) is 11.1 Å². The Morgan fingerprint density at radius 1 is 1.14 bits per heavy atom. The Hall–Kier alpha value is -1.30. The van der Waals surface area contributed by atoms with Gasteiger partial charge in [0.15, 0.2) is 0 Å². The zero-order chi connectivity index (χ0) is 15.6. The van der Waals surface area contributed by atoms with Gasteiger partial charge >= 0.3 is 0 Å². The van der Waals surface area contributed by atoms with Crippen LogP contribution in [0.15, 0.2) is 34.8 Å². The van der Waals surface area contributed by atoms with Crippen LogP contribution < -0.4 is 9.47 Å². The van der Waals surface area contributed by atoms with Crippen LogP contribution in [0.2, 0.25) is 5.02 Å². The maximum atomic E-state index is 14.1. The molecule has 0 aliphatic carbocycles. The van der Waals surface area contributed by atoms with Gasteiger partial charge in [0.1, 0.15) is 27.9 Å². The van der Waals surface area contributed by atoms with E-state index < -0.39 is 11.9 Å². The highest BCUT2D eigenvalue weighted by molar-refractivity contribution is 9.10. The van der Waals surface area contributed by atoms with Gasteiger partial charge in [-0.25, -0.2) is 4.39 Å². The third-order valence-corrected chi connectivity index (χ3v) is 4.13. The van der Waals surface area contributed by atoms with Gasteiger partial charge in [-0.3, -0.25) is 0 Å². The SMILES string of the molecule is COc1ccc(C(O)c2cccc(Cl)c2F)c(OC)c1Br. The highest BCUT2D eigenvalue weighted by Gasteiger charge is 2.23. The summed E-state index contributed by atoms with van der Waals surface area (Å²) in [6.45, 7) is 0. The molecule has 0 radical (unpaired) electrons. The fraction of sp³-hybridized carbons (Fsp3) is 0.200. The Bertz CT molecular complexity index is 664. The standard InChI is InChI=1S/C15H13BrClFO3/c1-20-11-7-6-9(15(21-2)12(11)16)14(19)8-4-3-5-10(17)13(8)18/h3-7,14,19H,1-2H3. The molecule has 0 saturated heterocycles. The van der Waals surface area contributed by atoms with E-state index in [0.29, 0.717) is 21.5 Å². The lowest BCUT2D eigenvalue weighted by Crippen LogP contribution is -2.06. The van der Waals surface area contributed by atoms with Gasteiger partial charge in [-0.2, -0.15) is 0 Å². The second-order valence-corrected chi connectivity index (χ2v) is 5.45. The smallest absolute Gasteiger partial charge is 0.147 e. The molecule has 3 nitrogen and oxygen atoms in total. The Morgan fingerprint density at radius 2 is 1.86 bits per heavy atom. The van der Waals surface area contributed by atoms with E-state index in [0.717, 1.165) is 0 Å². The van der Waals surface area contributed by atoms with Crippen LogP contribution in [0.5, 0.6) is 11.5 Å². The van der Waals surface area contributed by atoms with Crippen LogP contribution in [0, 0.1) is 5.82 Å². The lowest BCUT2D eigenvalue weighted by Gasteiger charge is -2.18. The molecule has 0 bridgehead atoms. The molecule has 2 aromatic carbocycles. The number of ether oxygens (including phenoxy) is 2. The van der Waals surface area contributed by atoms with Crippen molar-refractivity contribution in [3.63, 3.8) is 0 Å². The van der Waals surface area contributed by atoms with Crippen LogP contribution in [-0.4, -0.2) is 19.3 Å². The van der Waals surface area contributed by atoms with E-state index >= 15 is 0 Å². The summed E-state index contributed by atoms with van der Waals surface area (Å²) < 4.78 is 25.1. The molecule has 112 valence electrons. The minimum absolute atomic E-state index is 0.0434. The molecule has 0 heterocycles. The van der Waals surface area contributed by atoms with Crippen molar-refractivity contribution in [3.05, 3.63) is 56.8 Å². The average molecular weight is 376 g/mol. The van der Waals surface area contributed by atoms with Crippen molar-refractivity contribution in [1.29, 1.82) is 0 Å². The third kappa shape index (κ3) is 3.00. The highest BCUT2D eigenvalue weighted by Crippen LogP contribution is 2.41. The number of aliphatic hydroxyl groups excluding tert-OH is 1. The Balaban J connectivity index is 2.56. The van der Waals surface area contributed by atoms with Gasteiger partial charge in [0.25, 0.3) is 0 Å². The molecule has 21 heavy (non-hydrogen) atoms. The summed E-state index contributed by atoms with van der Waals surface area (Å²) in [5.41, 5.74) is 0.490. The Labute approximate surface area is 135 Å². The third-order valence-electron chi connectivity index (χ3n) is 3.09. The quantitative estimate of drug-likeness (QED) is 0.864. The maximum Gasteiger partial charge on any atom is 0.147 e. The van der Waals surface area contributed by atoms with Gasteiger partial charge in [0.05, 0.1) is 19.2 Å². The number of methoxy groups -OCH3 is 2. The van der Waals surface area contributed by atoms with Crippen molar-refractivity contribution in [2.75, 3.05) is 14.2 Å². The average Bonchev–Trinajstić information content (AvgIpc) is 2.49. The summed E-state index contributed by atoms with van der Waals surface area (Å²) in [4.78, 5) is 0. The normalized spacial score (nSPS) is 12.1. The van der Waals surface area contributed by atoms with Crippen LogP contribution in [0.25, 0.3) is 0 Å². The molecule has 0 aliphatic heterocycles. The summed E-state index contributed by atoms with van der Waals surface area (Å²) >= 11 is 9.10. The number of hydrogen-bond donors (Lipinski definition) is 1. The van der Waals surface area contributed by atoms with E-state index in [1.54, 1.807) is 18.2 Å². The molecule has 2 aromatic rings. The number of aliphatic hydroxyl groups is 1. The molecule has 6 heteroatoms. The maximum absolute atomic E-state index is 14.1. The number of rotatable bonds is 4. The molecule has 1 unspecified atom stereocenters. The largest absolute Gasteiger partial charge is 0.495 e. The van der Waals surface area contributed by atoms with Crippen molar-refractivity contribution >= 4 is 27.5 Å². The molecule has 0 fully saturated rings. The van der Waals surface area contributed by atoms with Crippen molar-refractivity contribution in [2.24, 2.45) is 0 Å². The number of hydrogen-bond acceptors (Lipinski definition) is 3. The van der Waals surface area contributed by atoms with Gasteiger partial charge in [-0.1, -0.05) is 23.7 Å². The molecule has 1 N–H and O–H groups in total. The van der Waals surface area contributed by atoms with E-state index in [-0.39, 0.29) is 10.6 Å². The summed E-state index contributed by atoms with van der Waals surface area (Å²) in [6, 6.07) is 7.76. The fourth-order valence-corrected chi connectivity index (χ4v) is 2.90. The summed E-state index contributed by atoms with van der Waals surface area (Å²) in [7, 11) is 2.98. The molecule has 0 spiro atoms. The van der Waals surface area contributed by atoms with Crippen LogP contribution in [-0.2, 0) is 0 Å². The summed E-state index contributed by atoms with van der Waals surface area (Å²) in [5.74, 6) is 0.274. The fourth-order valence-electron chi connectivity index (χ4n) is 2.03. The first-order valence-electron chi connectivity index (χ1n) is 6.03. The first-order valence-corrected chi connectivity index (χ1v) is 7.20. The van der Waals surface area contributed by atoms with Crippen LogP contribution in [0.4, 0.5) is 4.39 Å². The zero-order valence-corrected chi connectivity index (χ0v) is 13.7. The van der Waals surface area contributed by atoms with Crippen LogP contribution >= 0.6 is 27.5 Å². The second kappa shape index (κ2) is 6.64. The monoisotopic (exact) mass is 374 g/mol. The topological polar surface area (TPSA) is 38.7 Å². The van der Waals surface area contributed by atoms with E-state index in [4.69, 9.17) is 21.1 Å². The molecular formula is C15H13BrClFO3. The van der Waals surface area contributed by atoms with Crippen molar-refractivity contribution in [3.8, 4) is 11.5 Å². The van der Waals surface area contributed by atoms with E-state index in [9.17, 15) is 9.50 Å². The molecule has 0 aromatic heterocycles. The lowest BCUT2D eigenvalue weighted by molar-refractivity contribution is 0.209. The van der Waals surface area contributed by atoms with Crippen molar-refractivity contribution in [1.82, 2.24) is 0 Å². The molecule has 1 atom stereocenters. The van der Waals surface area contributed by atoms with E-state index in [2.05, 4.69) is 15.9 Å². The number of halogens is 3. The highest BCUT2D eigenvalue weighted by atomic mass is 79.9. The predicted molar refractivity (Wildman–Crippen MR) is 82.7 cm³/mol. The predicted octanol–water partition coefficient (Wildman–Crippen LogP) is 4.34. The first-order chi connectivity index (χ1) is 10.0. The number of benzene rings is 2. The molecular weight excluding hydrogens is 363 g/mol. The summed E-state index contributed by atoms with van der Waals surface area (Å²) in [5, 5.41) is 10.4. The van der Waals surface area contributed by atoms with E-state index in [1.807, 2.05) is 0 Å². The van der Waals surface area contributed by atoms with Crippen LogP contribution in [0.1, 0.15) is 17.2 Å². The lowest BCUT2D eigenvalue weighted by atomic mass is 10.00. The Kier molecular flexibility index (Phi) is 5.08. The minimum atomic E-state index is -1.21. The minimum Gasteiger partial charge on any atom is -0.495 e. The van der Waals surface area contributed by atoms with Gasteiger partial charge in [0.2, 0.25) is 0 Å². The molecule has 2 rings (SSSR count). The van der Waals surface area contributed by atoms with Crippen LogP contribution in [0.3, 0.4) is 0 Å². The zero-order valence-electron chi connectivity index (χ0n) is 11.4. The molecule has 0 amide bonds. The van der Waals surface area contributed by atoms with Crippen molar-refractivity contribution < 1.29 is 19.0 Å². The second-order valence-electron chi connectivity index (χ2n) is 4.25. The molecule has 0 aliphatic rings. The van der Waals surface area contributed by atoms with Gasteiger partial charge in [-0.05, 0) is 34.1 Å². The Morgan fingerprint density at radius 3 is 2.48 bits per heavy atom. The summed E-state index contributed by atoms with van der Waals surface area (Å²) in [6.07, 6.45) is -1.21. The van der Waals surface area contributed by atoms with Gasteiger partial charge in [-0.15, -0.1) is 0 Å².